The number of aromatic nitrogens is 1. The van der Waals surface area contributed by atoms with Crippen LogP contribution in [0.15, 0.2) is 47.3 Å². The first-order valence-corrected chi connectivity index (χ1v) is 9.18. The fourth-order valence-electron chi connectivity index (χ4n) is 3.37. The standard InChI is InChI=1S/C22H23FN2O3/c1-14-9-15(2)20-17(10-14)11-18(21(27)24-20)13-25(7-4-8-26)22(28)16-5-3-6-19(23)12-16/h3,5-6,9-12,26H,4,7-8,13H2,1-2H3,(H,24,27). The number of hydrogen-bond acceptors (Lipinski definition) is 3. The van der Waals surface area contributed by atoms with Crippen molar-refractivity contribution >= 4 is 16.8 Å². The molecule has 0 saturated heterocycles. The van der Waals surface area contributed by atoms with E-state index in [0.29, 0.717) is 12.0 Å². The molecule has 1 heterocycles. The number of halogens is 1. The third-order valence-corrected chi connectivity index (χ3v) is 4.68. The number of rotatable bonds is 6. The zero-order valence-electron chi connectivity index (χ0n) is 16.0. The van der Waals surface area contributed by atoms with E-state index in [1.54, 1.807) is 6.07 Å². The largest absolute Gasteiger partial charge is 0.396 e. The second-order valence-electron chi connectivity index (χ2n) is 6.98. The number of fused-ring (bicyclic) bond motifs is 1. The molecule has 1 amide bonds. The predicted molar refractivity (Wildman–Crippen MR) is 107 cm³/mol. The second-order valence-corrected chi connectivity index (χ2v) is 6.98. The SMILES string of the molecule is Cc1cc(C)c2[nH]c(=O)c(CN(CCCO)C(=O)c3cccc(F)c3)cc2c1. The highest BCUT2D eigenvalue weighted by molar-refractivity contribution is 5.94. The van der Waals surface area contributed by atoms with E-state index in [-0.39, 0.29) is 36.7 Å². The maximum Gasteiger partial charge on any atom is 0.254 e. The molecule has 0 atom stereocenters. The van der Waals surface area contributed by atoms with Gasteiger partial charge >= 0.3 is 0 Å². The van der Waals surface area contributed by atoms with Gasteiger partial charge in [0.25, 0.3) is 11.5 Å². The Morgan fingerprint density at radius 3 is 2.68 bits per heavy atom. The van der Waals surface area contributed by atoms with Crippen LogP contribution >= 0.6 is 0 Å². The molecule has 0 radical (unpaired) electrons. The van der Waals surface area contributed by atoms with Crippen molar-refractivity contribution in [1.29, 1.82) is 0 Å². The normalized spacial score (nSPS) is 11.0. The lowest BCUT2D eigenvalue weighted by Gasteiger charge is -2.22. The first-order chi connectivity index (χ1) is 13.4. The van der Waals surface area contributed by atoms with E-state index in [0.717, 1.165) is 22.0 Å². The summed E-state index contributed by atoms with van der Waals surface area (Å²) in [5.41, 5.74) is 3.22. The Morgan fingerprint density at radius 1 is 1.18 bits per heavy atom. The lowest BCUT2D eigenvalue weighted by Crippen LogP contribution is -2.34. The molecule has 0 bridgehead atoms. The Labute approximate surface area is 162 Å². The molecule has 146 valence electrons. The van der Waals surface area contributed by atoms with Crippen molar-refractivity contribution < 1.29 is 14.3 Å². The molecule has 2 aromatic carbocycles. The van der Waals surface area contributed by atoms with Gasteiger partial charge in [0.15, 0.2) is 0 Å². The summed E-state index contributed by atoms with van der Waals surface area (Å²) >= 11 is 0. The second kappa shape index (κ2) is 8.35. The Balaban J connectivity index is 1.97. The minimum Gasteiger partial charge on any atom is -0.396 e. The van der Waals surface area contributed by atoms with Crippen LogP contribution in [-0.4, -0.2) is 34.0 Å². The average molecular weight is 382 g/mol. The van der Waals surface area contributed by atoms with Crippen LogP contribution in [0.1, 0.15) is 33.5 Å². The lowest BCUT2D eigenvalue weighted by molar-refractivity contribution is 0.0731. The summed E-state index contributed by atoms with van der Waals surface area (Å²) in [7, 11) is 0. The number of aromatic amines is 1. The van der Waals surface area contributed by atoms with E-state index in [1.165, 1.54) is 29.2 Å². The maximum absolute atomic E-state index is 13.5. The van der Waals surface area contributed by atoms with E-state index in [2.05, 4.69) is 4.98 Å². The Hall–Kier alpha value is -2.99. The molecule has 0 spiro atoms. The molecule has 0 aliphatic rings. The molecule has 0 saturated carbocycles. The topological polar surface area (TPSA) is 73.4 Å². The minimum absolute atomic E-state index is 0.0770. The van der Waals surface area contributed by atoms with Crippen molar-refractivity contribution in [3.63, 3.8) is 0 Å². The number of aliphatic hydroxyl groups is 1. The Kier molecular flexibility index (Phi) is 5.90. The number of pyridine rings is 1. The van der Waals surface area contributed by atoms with E-state index >= 15 is 0 Å². The fraction of sp³-hybridized carbons (Fsp3) is 0.273. The van der Waals surface area contributed by atoms with E-state index in [4.69, 9.17) is 5.11 Å². The van der Waals surface area contributed by atoms with Crippen LogP contribution in [0.2, 0.25) is 0 Å². The van der Waals surface area contributed by atoms with Crippen LogP contribution in [0.4, 0.5) is 4.39 Å². The highest BCUT2D eigenvalue weighted by atomic mass is 19.1. The lowest BCUT2D eigenvalue weighted by atomic mass is 10.0. The summed E-state index contributed by atoms with van der Waals surface area (Å²) in [6.07, 6.45) is 0.366. The van der Waals surface area contributed by atoms with Crippen LogP contribution in [0.3, 0.4) is 0 Å². The summed E-state index contributed by atoms with van der Waals surface area (Å²) < 4.78 is 13.5. The van der Waals surface area contributed by atoms with Gasteiger partial charge in [0.05, 0.1) is 12.1 Å². The molecule has 0 aliphatic carbocycles. The van der Waals surface area contributed by atoms with Gasteiger partial charge in [-0.2, -0.15) is 0 Å². The first-order valence-electron chi connectivity index (χ1n) is 9.18. The first kappa shape index (κ1) is 19.8. The quantitative estimate of drug-likeness (QED) is 0.687. The number of hydrogen-bond donors (Lipinski definition) is 2. The van der Waals surface area contributed by atoms with Gasteiger partial charge < -0.3 is 15.0 Å². The zero-order valence-corrected chi connectivity index (χ0v) is 16.0. The van der Waals surface area contributed by atoms with Crippen LogP contribution in [0.5, 0.6) is 0 Å². The summed E-state index contributed by atoms with van der Waals surface area (Å²) in [6.45, 7) is 4.17. The van der Waals surface area contributed by atoms with Gasteiger partial charge in [-0.25, -0.2) is 4.39 Å². The number of carbonyl (C=O) groups excluding carboxylic acids is 1. The van der Waals surface area contributed by atoms with Crippen molar-refractivity contribution in [1.82, 2.24) is 9.88 Å². The molecule has 3 aromatic rings. The summed E-state index contributed by atoms with van der Waals surface area (Å²) in [5.74, 6) is -0.879. The summed E-state index contributed by atoms with van der Waals surface area (Å²) in [5, 5.41) is 10.1. The van der Waals surface area contributed by atoms with Crippen LogP contribution < -0.4 is 5.56 Å². The van der Waals surface area contributed by atoms with Crippen molar-refractivity contribution in [3.8, 4) is 0 Å². The number of H-pyrrole nitrogens is 1. The van der Waals surface area contributed by atoms with Gasteiger partial charge in [0.2, 0.25) is 0 Å². The third kappa shape index (κ3) is 4.28. The zero-order chi connectivity index (χ0) is 20.3. The van der Waals surface area contributed by atoms with Gasteiger partial charge in [0, 0.05) is 24.3 Å². The summed E-state index contributed by atoms with van der Waals surface area (Å²) in [4.78, 5) is 29.8. The van der Waals surface area contributed by atoms with Crippen LogP contribution in [-0.2, 0) is 6.54 Å². The van der Waals surface area contributed by atoms with Gasteiger partial charge in [0.1, 0.15) is 5.82 Å². The molecular weight excluding hydrogens is 359 g/mol. The minimum atomic E-state index is -0.498. The molecule has 6 heteroatoms. The molecule has 0 fully saturated rings. The van der Waals surface area contributed by atoms with Crippen molar-refractivity contribution in [2.24, 2.45) is 0 Å². The van der Waals surface area contributed by atoms with E-state index in [9.17, 15) is 14.0 Å². The van der Waals surface area contributed by atoms with Gasteiger partial charge in [-0.3, -0.25) is 9.59 Å². The Morgan fingerprint density at radius 2 is 1.96 bits per heavy atom. The predicted octanol–water partition coefficient (Wildman–Crippen LogP) is 3.31. The van der Waals surface area contributed by atoms with Gasteiger partial charge in [-0.15, -0.1) is 0 Å². The van der Waals surface area contributed by atoms with Crippen molar-refractivity contribution in [2.45, 2.75) is 26.8 Å². The monoisotopic (exact) mass is 382 g/mol. The van der Waals surface area contributed by atoms with Crippen LogP contribution in [0.25, 0.3) is 10.9 Å². The van der Waals surface area contributed by atoms with Gasteiger partial charge in [-0.1, -0.05) is 17.7 Å². The maximum atomic E-state index is 13.5. The number of amides is 1. The smallest absolute Gasteiger partial charge is 0.254 e. The number of carbonyl (C=O) groups is 1. The van der Waals surface area contributed by atoms with E-state index in [1.807, 2.05) is 26.0 Å². The van der Waals surface area contributed by atoms with Crippen molar-refractivity contribution in [2.75, 3.05) is 13.2 Å². The molecule has 1 aromatic heterocycles. The molecule has 0 unspecified atom stereocenters. The highest BCUT2D eigenvalue weighted by Gasteiger charge is 2.18. The molecule has 5 nitrogen and oxygen atoms in total. The highest BCUT2D eigenvalue weighted by Crippen LogP contribution is 2.19. The third-order valence-electron chi connectivity index (χ3n) is 4.68. The number of benzene rings is 2. The molecule has 0 aliphatic heterocycles. The molecule has 3 rings (SSSR count). The Bertz CT molecular complexity index is 1080. The van der Waals surface area contributed by atoms with Crippen LogP contribution in [0, 0.1) is 19.7 Å². The van der Waals surface area contributed by atoms with Gasteiger partial charge in [-0.05, 0) is 61.5 Å². The van der Waals surface area contributed by atoms with E-state index < -0.39 is 5.82 Å². The fourth-order valence-corrected chi connectivity index (χ4v) is 3.37. The number of aliphatic hydroxyl groups excluding tert-OH is 1. The number of aryl methyl sites for hydroxylation is 2. The summed E-state index contributed by atoms with van der Waals surface area (Å²) in [6, 6.07) is 11.2. The molecule has 2 N–H and O–H groups in total. The average Bonchev–Trinajstić information content (AvgIpc) is 2.65. The number of nitrogens with one attached hydrogen (secondary N) is 1. The molecular formula is C22H23FN2O3. The number of nitrogens with zero attached hydrogens (tertiary/aromatic N) is 1. The molecule has 28 heavy (non-hydrogen) atoms. The van der Waals surface area contributed by atoms with Crippen molar-refractivity contribution in [3.05, 3.63) is 80.9 Å².